The molecule has 0 heterocycles. The molecule has 1 rings (SSSR count). The van der Waals surface area contributed by atoms with Crippen molar-refractivity contribution in [2.24, 2.45) is 0 Å². The van der Waals surface area contributed by atoms with Gasteiger partial charge in [0.25, 0.3) is 5.69 Å². The number of hydrogen-bond donors (Lipinski definition) is 1. The Bertz CT molecular complexity index is 287. The van der Waals surface area contributed by atoms with Crippen molar-refractivity contribution in [2.45, 2.75) is 6.42 Å². The van der Waals surface area contributed by atoms with Crippen molar-refractivity contribution in [3.05, 3.63) is 39.9 Å². The highest BCUT2D eigenvalue weighted by Gasteiger charge is 2.02. The molecule has 0 saturated heterocycles. The summed E-state index contributed by atoms with van der Waals surface area (Å²) < 4.78 is 0. The summed E-state index contributed by atoms with van der Waals surface area (Å²) >= 11 is 0. The lowest BCUT2D eigenvalue weighted by molar-refractivity contribution is -0.505. The minimum Gasteiger partial charge on any atom is -0.544 e. The van der Waals surface area contributed by atoms with Crippen molar-refractivity contribution in [2.75, 3.05) is 6.54 Å². The maximum Gasteiger partial charge on any atom is 0.269 e. The molecule has 0 unspecified atom stereocenters. The highest BCUT2D eigenvalue weighted by molar-refractivity contribution is 5.93. The molecule has 0 radical (unpaired) electrons. The Balaban J connectivity index is 2.64. The molecule has 0 amide bonds. The number of nitrogens with zero attached hydrogens (tertiary/aromatic N) is 1. The molecular formula is C8H13BN2O2. The number of benzene rings is 1. The first-order chi connectivity index (χ1) is 6.24. The van der Waals surface area contributed by atoms with Gasteiger partial charge in [-0.1, -0.05) is 12.1 Å². The van der Waals surface area contributed by atoms with E-state index in [0.29, 0.717) is 7.98 Å². The molecule has 1 aromatic rings. The molecule has 13 heavy (non-hydrogen) atoms. The van der Waals surface area contributed by atoms with Crippen molar-refractivity contribution in [1.82, 2.24) is 0 Å². The number of quaternary nitrogens is 1. The number of nitrogens with two attached hydrogens (primary N) is 1. The first kappa shape index (κ1) is 9.73. The third-order valence-electron chi connectivity index (χ3n) is 1.58. The maximum atomic E-state index is 10.3. The number of non-ortho nitro benzene ring substituents is 1. The Hall–Kier alpha value is -1.36. The summed E-state index contributed by atoms with van der Waals surface area (Å²) in [7, 11) is 0.397. The molecule has 0 spiro atoms. The summed E-state index contributed by atoms with van der Waals surface area (Å²) in [5.41, 5.74) is 1.35. The Morgan fingerprint density at radius 1 is 1.38 bits per heavy atom. The molecule has 0 fully saturated rings. The SMILES string of the molecule is [BH3-][NH2+]CCc1ccc([N+](=O)[O-])cc1. The third kappa shape index (κ3) is 2.87. The average molecular weight is 180 g/mol. The quantitative estimate of drug-likeness (QED) is 0.366. The standard InChI is InChI=1S/C8H13BN2O2/c9-10-6-5-7-1-3-8(4-2-7)11(12)13/h1-4H,5-6,10H2,9H3. The summed E-state index contributed by atoms with van der Waals surface area (Å²) in [6, 6.07) is 6.80. The summed E-state index contributed by atoms with van der Waals surface area (Å²) in [6.45, 7) is 1.12. The van der Waals surface area contributed by atoms with Gasteiger partial charge in [-0.3, -0.25) is 10.1 Å². The molecule has 0 aliphatic carbocycles. The minimum atomic E-state index is -0.367. The normalized spacial score (nSPS) is 9.92. The Kier molecular flexibility index (Phi) is 3.46. The summed E-state index contributed by atoms with van der Waals surface area (Å²) in [6.07, 6.45) is 1.02. The second kappa shape index (κ2) is 4.62. The van der Waals surface area contributed by atoms with Gasteiger partial charge in [-0.15, -0.1) is 0 Å². The largest absolute Gasteiger partial charge is 0.544 e. The van der Waals surface area contributed by atoms with Gasteiger partial charge in [0.05, 0.1) is 4.92 Å². The zero-order chi connectivity index (χ0) is 9.68. The lowest BCUT2D eigenvalue weighted by Gasteiger charge is -2.00. The Morgan fingerprint density at radius 2 is 2.00 bits per heavy atom. The maximum absolute atomic E-state index is 10.3. The van der Waals surface area contributed by atoms with E-state index in [0.717, 1.165) is 13.0 Å². The van der Waals surface area contributed by atoms with Crippen molar-refractivity contribution in [1.29, 1.82) is 0 Å². The van der Waals surface area contributed by atoms with E-state index in [-0.39, 0.29) is 10.6 Å². The van der Waals surface area contributed by atoms with Gasteiger partial charge in [0.1, 0.15) is 0 Å². The molecule has 0 atom stereocenters. The molecule has 0 saturated carbocycles. The van der Waals surface area contributed by atoms with E-state index >= 15 is 0 Å². The van der Waals surface area contributed by atoms with Crippen molar-refractivity contribution in [3.8, 4) is 0 Å². The first-order valence-corrected chi connectivity index (χ1v) is 3.67. The van der Waals surface area contributed by atoms with Gasteiger partial charge < -0.3 is 5.23 Å². The van der Waals surface area contributed by atoms with E-state index in [4.69, 9.17) is 0 Å². The lowest BCUT2D eigenvalue weighted by atomic mass is 10.1. The van der Waals surface area contributed by atoms with Crippen LogP contribution in [0, 0.1) is 10.1 Å². The first-order valence-electron chi connectivity index (χ1n) is 3.67. The second-order valence-electron chi connectivity index (χ2n) is 2.46. The smallest absolute Gasteiger partial charge is 0.269 e. The molecule has 70 valence electrons. The topological polar surface area (TPSA) is 59.8 Å². The molecule has 0 aliphatic heterocycles. The highest BCUT2D eigenvalue weighted by Crippen LogP contribution is 2.11. The number of rotatable bonds is 4. The van der Waals surface area contributed by atoms with Crippen LogP contribution in [0.15, 0.2) is 24.3 Å². The van der Waals surface area contributed by atoms with Crippen LogP contribution in [0.3, 0.4) is 0 Å². The minimum absolute atomic E-state index is 0.172. The van der Waals surface area contributed by atoms with Crippen LogP contribution in [0.1, 0.15) is 5.56 Å². The molecule has 1 aromatic carbocycles. The predicted octanol–water partition coefficient (Wildman–Crippen LogP) is -1.02. The molecule has 2 N–H and O–H groups in total. The van der Waals surface area contributed by atoms with Gasteiger partial charge in [0.15, 0.2) is 7.98 Å². The number of hydrogen-bond acceptors (Lipinski definition) is 2. The summed E-state index contributed by atoms with van der Waals surface area (Å²) in [4.78, 5) is 9.97. The monoisotopic (exact) mass is 180 g/mol. The second-order valence-corrected chi connectivity index (χ2v) is 2.46. The van der Waals surface area contributed by atoms with E-state index < -0.39 is 0 Å². The summed E-state index contributed by atoms with van der Waals surface area (Å²) in [5, 5.41) is 12.7. The van der Waals surface area contributed by atoms with Crippen LogP contribution >= 0.6 is 0 Å². The molecular weight excluding hydrogens is 167 g/mol. The fraction of sp³-hybridized carbons (Fsp3) is 0.250. The van der Waals surface area contributed by atoms with Crippen LogP contribution < -0.4 is 5.23 Å². The van der Waals surface area contributed by atoms with Crippen LogP contribution in [-0.4, -0.2) is 19.4 Å². The van der Waals surface area contributed by atoms with E-state index in [1.54, 1.807) is 12.1 Å². The van der Waals surface area contributed by atoms with E-state index in [2.05, 4.69) is 5.23 Å². The van der Waals surface area contributed by atoms with E-state index in [1.807, 2.05) is 12.1 Å². The van der Waals surface area contributed by atoms with Crippen LogP contribution in [0.2, 0.25) is 0 Å². The zero-order valence-electron chi connectivity index (χ0n) is 6.56. The molecule has 5 heteroatoms. The van der Waals surface area contributed by atoms with Gasteiger partial charge in [0, 0.05) is 25.1 Å². The fourth-order valence-electron chi connectivity index (χ4n) is 0.951. The molecule has 4 nitrogen and oxygen atoms in total. The molecule has 0 aromatic heterocycles. The van der Waals surface area contributed by atoms with Crippen LogP contribution in [0.25, 0.3) is 0 Å². The fourth-order valence-corrected chi connectivity index (χ4v) is 0.951. The molecule has 0 bridgehead atoms. The van der Waals surface area contributed by atoms with Crippen LogP contribution in [0.5, 0.6) is 0 Å². The highest BCUT2D eigenvalue weighted by atomic mass is 16.6. The van der Waals surface area contributed by atoms with E-state index in [9.17, 15) is 10.1 Å². The zero-order valence-corrected chi connectivity index (χ0v) is 6.56. The van der Waals surface area contributed by atoms with Crippen molar-refractivity contribution in [3.63, 3.8) is 0 Å². The Morgan fingerprint density at radius 3 is 2.46 bits per heavy atom. The predicted molar refractivity (Wildman–Crippen MR) is 53.5 cm³/mol. The Labute approximate surface area is 77.5 Å². The molecule has 0 aliphatic rings. The van der Waals surface area contributed by atoms with Gasteiger partial charge in [-0.05, 0) is 5.56 Å². The van der Waals surface area contributed by atoms with Gasteiger partial charge in [-0.2, -0.15) is 0 Å². The van der Waals surface area contributed by atoms with Gasteiger partial charge in [-0.25, -0.2) is 0 Å². The van der Waals surface area contributed by atoms with E-state index in [1.165, 1.54) is 5.56 Å². The van der Waals surface area contributed by atoms with Gasteiger partial charge in [0.2, 0.25) is 0 Å². The van der Waals surface area contributed by atoms with Gasteiger partial charge >= 0.3 is 0 Å². The van der Waals surface area contributed by atoms with Crippen LogP contribution in [-0.2, 0) is 6.42 Å². The lowest BCUT2D eigenvalue weighted by Crippen LogP contribution is -2.82. The van der Waals surface area contributed by atoms with Crippen molar-refractivity contribution < 1.29 is 10.2 Å². The average Bonchev–Trinajstić information content (AvgIpc) is 2.15. The number of nitro groups is 1. The number of nitro benzene ring substituents is 1. The summed E-state index contributed by atoms with van der Waals surface area (Å²) in [5.74, 6) is 0. The van der Waals surface area contributed by atoms with Crippen LogP contribution in [0.4, 0.5) is 5.69 Å². The third-order valence-corrected chi connectivity index (χ3v) is 1.58. The van der Waals surface area contributed by atoms with Crippen molar-refractivity contribution >= 4 is 13.7 Å².